The smallest absolute Gasteiger partial charge is 0.268 e. The van der Waals surface area contributed by atoms with Crippen LogP contribution in [-0.4, -0.2) is 30.5 Å². The lowest BCUT2D eigenvalue weighted by Crippen LogP contribution is -2.14. The SMILES string of the molecule is Cn1cccn1.Cn1nccc1-c1cccnc1C(N)=O. The molecule has 3 rings (SSSR count). The van der Waals surface area contributed by atoms with Gasteiger partial charge in [0.15, 0.2) is 0 Å². The number of carbonyl (C=O) groups excluding carboxylic acids is 1. The van der Waals surface area contributed by atoms with Gasteiger partial charge in [-0.15, -0.1) is 0 Å². The van der Waals surface area contributed by atoms with Crippen LogP contribution in [0.1, 0.15) is 10.5 Å². The number of nitrogens with zero attached hydrogens (tertiary/aromatic N) is 5. The number of pyridine rings is 1. The van der Waals surface area contributed by atoms with Crippen molar-refractivity contribution >= 4 is 5.91 Å². The summed E-state index contributed by atoms with van der Waals surface area (Å²) in [6, 6.07) is 7.25. The third-order valence-corrected chi connectivity index (χ3v) is 2.77. The molecule has 0 spiro atoms. The maximum Gasteiger partial charge on any atom is 0.268 e. The average molecular weight is 284 g/mol. The zero-order chi connectivity index (χ0) is 15.2. The van der Waals surface area contributed by atoms with Gasteiger partial charge in [-0.05, 0) is 24.3 Å². The molecule has 3 aromatic rings. The number of amides is 1. The highest BCUT2D eigenvalue weighted by Gasteiger charge is 2.12. The van der Waals surface area contributed by atoms with E-state index in [4.69, 9.17) is 5.73 Å². The molecule has 0 saturated carbocycles. The largest absolute Gasteiger partial charge is 0.364 e. The molecule has 0 aliphatic heterocycles. The zero-order valence-electron chi connectivity index (χ0n) is 11.8. The number of aryl methyl sites for hydroxylation is 2. The first-order valence-electron chi connectivity index (χ1n) is 6.26. The van der Waals surface area contributed by atoms with Gasteiger partial charge >= 0.3 is 0 Å². The van der Waals surface area contributed by atoms with Crippen molar-refractivity contribution in [3.05, 3.63) is 54.7 Å². The molecule has 3 aromatic heterocycles. The molecule has 0 saturated heterocycles. The van der Waals surface area contributed by atoms with Gasteiger partial charge in [0.1, 0.15) is 5.69 Å². The van der Waals surface area contributed by atoms with Crippen LogP contribution < -0.4 is 5.73 Å². The van der Waals surface area contributed by atoms with Crippen molar-refractivity contribution in [1.29, 1.82) is 0 Å². The lowest BCUT2D eigenvalue weighted by molar-refractivity contribution is 0.0996. The molecule has 7 nitrogen and oxygen atoms in total. The highest BCUT2D eigenvalue weighted by Crippen LogP contribution is 2.20. The molecular formula is C14H16N6O. The van der Waals surface area contributed by atoms with E-state index >= 15 is 0 Å². The Morgan fingerprint density at radius 3 is 2.38 bits per heavy atom. The summed E-state index contributed by atoms with van der Waals surface area (Å²) in [6.07, 6.45) is 6.84. The summed E-state index contributed by atoms with van der Waals surface area (Å²) in [4.78, 5) is 15.1. The number of nitrogens with two attached hydrogens (primary N) is 1. The predicted octanol–water partition coefficient (Wildman–Crippen LogP) is 1.00. The Balaban J connectivity index is 0.000000225. The van der Waals surface area contributed by atoms with Crippen LogP contribution in [0.15, 0.2) is 49.1 Å². The molecule has 21 heavy (non-hydrogen) atoms. The minimum absolute atomic E-state index is 0.265. The minimum Gasteiger partial charge on any atom is -0.364 e. The lowest BCUT2D eigenvalue weighted by atomic mass is 10.1. The summed E-state index contributed by atoms with van der Waals surface area (Å²) in [5.74, 6) is -0.535. The van der Waals surface area contributed by atoms with Gasteiger partial charge in [-0.3, -0.25) is 19.1 Å². The van der Waals surface area contributed by atoms with Crippen LogP contribution in [0.3, 0.4) is 0 Å². The van der Waals surface area contributed by atoms with Crippen LogP contribution in [0.2, 0.25) is 0 Å². The highest BCUT2D eigenvalue weighted by atomic mass is 16.1. The molecule has 0 aliphatic carbocycles. The highest BCUT2D eigenvalue weighted by molar-refractivity contribution is 5.97. The van der Waals surface area contributed by atoms with E-state index in [0.717, 1.165) is 5.69 Å². The Morgan fingerprint density at radius 1 is 1.10 bits per heavy atom. The number of hydrogen-bond donors (Lipinski definition) is 1. The topological polar surface area (TPSA) is 91.6 Å². The first-order chi connectivity index (χ1) is 10.1. The van der Waals surface area contributed by atoms with Gasteiger partial charge in [-0.2, -0.15) is 10.2 Å². The number of primary amides is 1. The third-order valence-electron chi connectivity index (χ3n) is 2.77. The summed E-state index contributed by atoms with van der Waals surface area (Å²) < 4.78 is 3.42. The van der Waals surface area contributed by atoms with Crippen LogP contribution in [0.25, 0.3) is 11.3 Å². The summed E-state index contributed by atoms with van der Waals surface area (Å²) in [7, 11) is 3.69. The fraction of sp³-hybridized carbons (Fsp3) is 0.143. The van der Waals surface area contributed by atoms with Crippen LogP contribution >= 0.6 is 0 Å². The van der Waals surface area contributed by atoms with Gasteiger partial charge in [0, 0.05) is 44.4 Å². The minimum atomic E-state index is -0.535. The summed E-state index contributed by atoms with van der Waals surface area (Å²) >= 11 is 0. The molecule has 0 aliphatic rings. The van der Waals surface area contributed by atoms with Gasteiger partial charge in [-0.1, -0.05) is 0 Å². The molecule has 7 heteroatoms. The normalized spacial score (nSPS) is 9.81. The second-order valence-corrected chi connectivity index (χ2v) is 4.28. The molecule has 0 radical (unpaired) electrons. The van der Waals surface area contributed by atoms with Crippen LogP contribution in [-0.2, 0) is 14.1 Å². The fourth-order valence-electron chi connectivity index (χ4n) is 1.79. The van der Waals surface area contributed by atoms with Crippen molar-refractivity contribution in [2.75, 3.05) is 0 Å². The van der Waals surface area contributed by atoms with Crippen molar-refractivity contribution in [3.63, 3.8) is 0 Å². The summed E-state index contributed by atoms with van der Waals surface area (Å²) in [6.45, 7) is 0. The van der Waals surface area contributed by atoms with Crippen molar-refractivity contribution in [3.8, 4) is 11.3 Å². The molecule has 0 fully saturated rings. The molecule has 1 amide bonds. The molecule has 0 unspecified atom stereocenters. The third kappa shape index (κ3) is 3.53. The Kier molecular flexibility index (Phi) is 4.45. The van der Waals surface area contributed by atoms with E-state index in [0.29, 0.717) is 5.56 Å². The van der Waals surface area contributed by atoms with Gasteiger partial charge < -0.3 is 5.73 Å². The van der Waals surface area contributed by atoms with Crippen LogP contribution in [0.4, 0.5) is 0 Å². The van der Waals surface area contributed by atoms with Crippen LogP contribution in [0, 0.1) is 0 Å². The monoisotopic (exact) mass is 284 g/mol. The van der Waals surface area contributed by atoms with E-state index < -0.39 is 5.91 Å². The van der Waals surface area contributed by atoms with Crippen LogP contribution in [0.5, 0.6) is 0 Å². The number of carbonyl (C=O) groups is 1. The molecule has 108 valence electrons. The molecule has 3 heterocycles. The summed E-state index contributed by atoms with van der Waals surface area (Å²) in [5, 5.41) is 7.86. The first-order valence-corrected chi connectivity index (χ1v) is 6.26. The van der Waals surface area contributed by atoms with Gasteiger partial charge in [0.25, 0.3) is 5.91 Å². The lowest BCUT2D eigenvalue weighted by Gasteiger charge is -2.05. The van der Waals surface area contributed by atoms with Crippen molar-refractivity contribution in [1.82, 2.24) is 24.5 Å². The maximum atomic E-state index is 11.2. The van der Waals surface area contributed by atoms with E-state index in [2.05, 4.69) is 15.2 Å². The van der Waals surface area contributed by atoms with Crippen molar-refractivity contribution in [2.24, 2.45) is 19.8 Å². The Bertz CT molecular complexity index is 717. The zero-order valence-corrected chi connectivity index (χ0v) is 11.8. The molecule has 0 bridgehead atoms. The van der Waals surface area contributed by atoms with E-state index in [-0.39, 0.29) is 5.69 Å². The standard InChI is InChI=1S/C10H10N4O.C4H6N2/c1-14-8(4-6-13-14)7-3-2-5-12-9(7)10(11)15;1-6-4-2-3-5-6/h2-6H,1H3,(H2,11,15);2-4H,1H3. The summed E-state index contributed by atoms with van der Waals surface area (Å²) in [5.41, 5.74) is 7.02. The second-order valence-electron chi connectivity index (χ2n) is 4.28. The van der Waals surface area contributed by atoms with Crippen molar-refractivity contribution in [2.45, 2.75) is 0 Å². The first kappa shape index (κ1) is 14.4. The molecule has 0 aromatic carbocycles. The number of hydrogen-bond acceptors (Lipinski definition) is 4. The van der Waals surface area contributed by atoms with E-state index in [1.807, 2.05) is 25.4 Å². The maximum absolute atomic E-state index is 11.2. The van der Waals surface area contributed by atoms with Crippen molar-refractivity contribution < 1.29 is 4.79 Å². The Labute approximate surface area is 122 Å². The van der Waals surface area contributed by atoms with Gasteiger partial charge in [0.05, 0.1) is 5.69 Å². The van der Waals surface area contributed by atoms with E-state index in [9.17, 15) is 4.79 Å². The number of rotatable bonds is 2. The van der Waals surface area contributed by atoms with Gasteiger partial charge in [0.2, 0.25) is 0 Å². The Hall–Kier alpha value is -2.96. The second kappa shape index (κ2) is 6.47. The fourth-order valence-corrected chi connectivity index (χ4v) is 1.79. The van der Waals surface area contributed by atoms with E-state index in [1.54, 1.807) is 47.1 Å². The Morgan fingerprint density at radius 2 is 1.90 bits per heavy atom. The van der Waals surface area contributed by atoms with E-state index in [1.165, 1.54) is 0 Å². The average Bonchev–Trinajstić information content (AvgIpc) is 3.10. The molecule has 0 atom stereocenters. The molecular weight excluding hydrogens is 268 g/mol. The van der Waals surface area contributed by atoms with Gasteiger partial charge in [-0.25, -0.2) is 0 Å². The predicted molar refractivity (Wildman–Crippen MR) is 78.2 cm³/mol. The quantitative estimate of drug-likeness (QED) is 0.760. The number of aromatic nitrogens is 5. The molecule has 2 N–H and O–H groups in total.